The first-order valence-corrected chi connectivity index (χ1v) is 11.5. The Morgan fingerprint density at radius 3 is 2.72 bits per heavy atom. The summed E-state index contributed by atoms with van der Waals surface area (Å²) in [6, 6.07) is 13.0. The summed E-state index contributed by atoms with van der Waals surface area (Å²) in [5.41, 5.74) is 3.04. The van der Waals surface area contributed by atoms with Crippen molar-refractivity contribution in [3.8, 4) is 17.2 Å². The molecule has 0 spiro atoms. The predicted octanol–water partition coefficient (Wildman–Crippen LogP) is 3.48. The van der Waals surface area contributed by atoms with Crippen LogP contribution in [-0.4, -0.2) is 38.8 Å². The van der Waals surface area contributed by atoms with Crippen molar-refractivity contribution >= 4 is 21.9 Å². The standard InChI is InChI=1S/C23H26N6O2S/c1-15(28-32(31)23(2,3)4)19-10-11-24-22(27-19)16-8-9-17-13-25-29(20(17)12-16)21-7-5-6-18(14-30)26-21/h5-13,15,28,30H,14H2,1-4H3/t15-,32-/m1/s1. The number of fused-ring (bicyclic) bond motifs is 1. The van der Waals surface area contributed by atoms with Crippen LogP contribution in [0.1, 0.15) is 45.1 Å². The van der Waals surface area contributed by atoms with E-state index in [9.17, 15) is 9.32 Å². The van der Waals surface area contributed by atoms with Crippen LogP contribution in [0.5, 0.6) is 0 Å². The summed E-state index contributed by atoms with van der Waals surface area (Å²) in [6.45, 7) is 7.59. The number of aliphatic hydroxyl groups is 1. The molecule has 2 N–H and O–H groups in total. The average Bonchev–Trinajstić information content (AvgIpc) is 3.22. The van der Waals surface area contributed by atoms with Crippen LogP contribution >= 0.6 is 0 Å². The highest BCUT2D eigenvalue weighted by Gasteiger charge is 2.22. The van der Waals surface area contributed by atoms with Crippen LogP contribution in [0.25, 0.3) is 28.1 Å². The number of hydrogen-bond acceptors (Lipinski definition) is 6. The van der Waals surface area contributed by atoms with E-state index in [2.05, 4.69) is 19.8 Å². The number of nitrogens with zero attached hydrogens (tertiary/aromatic N) is 5. The van der Waals surface area contributed by atoms with Crippen molar-refractivity contribution < 1.29 is 9.32 Å². The summed E-state index contributed by atoms with van der Waals surface area (Å²) < 4.78 is 17.0. The lowest BCUT2D eigenvalue weighted by atomic mass is 10.1. The lowest BCUT2D eigenvalue weighted by molar-refractivity contribution is 0.276. The van der Waals surface area contributed by atoms with Gasteiger partial charge in [0.2, 0.25) is 0 Å². The van der Waals surface area contributed by atoms with Crippen molar-refractivity contribution in [3.05, 3.63) is 66.2 Å². The van der Waals surface area contributed by atoms with Crippen molar-refractivity contribution in [3.63, 3.8) is 0 Å². The van der Waals surface area contributed by atoms with Gasteiger partial charge in [-0.25, -0.2) is 28.6 Å². The lowest BCUT2D eigenvalue weighted by Crippen LogP contribution is -2.35. The number of pyridine rings is 1. The van der Waals surface area contributed by atoms with Gasteiger partial charge < -0.3 is 5.11 Å². The monoisotopic (exact) mass is 450 g/mol. The Morgan fingerprint density at radius 1 is 1.16 bits per heavy atom. The average molecular weight is 451 g/mol. The largest absolute Gasteiger partial charge is 0.390 e. The molecule has 0 radical (unpaired) electrons. The molecule has 0 aliphatic rings. The molecule has 0 unspecified atom stereocenters. The quantitative estimate of drug-likeness (QED) is 0.466. The number of aliphatic hydroxyl groups excluding tert-OH is 1. The van der Waals surface area contributed by atoms with E-state index in [0.717, 1.165) is 22.2 Å². The zero-order chi connectivity index (χ0) is 22.9. The van der Waals surface area contributed by atoms with Gasteiger partial charge in [-0.15, -0.1) is 0 Å². The maximum Gasteiger partial charge on any atom is 0.159 e. The van der Waals surface area contributed by atoms with E-state index in [4.69, 9.17) is 4.98 Å². The number of rotatable bonds is 6. The van der Waals surface area contributed by atoms with Gasteiger partial charge in [0.25, 0.3) is 0 Å². The third-order valence-corrected chi connectivity index (χ3v) is 6.64. The molecule has 2 atom stereocenters. The van der Waals surface area contributed by atoms with E-state index >= 15 is 0 Å². The van der Waals surface area contributed by atoms with Gasteiger partial charge in [-0.3, -0.25) is 0 Å². The molecule has 0 aliphatic carbocycles. The van der Waals surface area contributed by atoms with Crippen LogP contribution in [0.4, 0.5) is 0 Å². The highest BCUT2D eigenvalue weighted by atomic mass is 32.2. The smallest absolute Gasteiger partial charge is 0.159 e. The van der Waals surface area contributed by atoms with Crippen molar-refractivity contribution in [2.24, 2.45) is 0 Å². The Labute approximate surface area is 189 Å². The van der Waals surface area contributed by atoms with Gasteiger partial charge in [0.15, 0.2) is 11.6 Å². The molecule has 1 aromatic carbocycles. The third kappa shape index (κ3) is 4.59. The number of aromatic nitrogens is 5. The SMILES string of the molecule is C[C@@H](N[S@](=O)C(C)(C)C)c1ccnc(-c2ccc3cnn(-c4cccc(CO)n4)c3c2)n1. The lowest BCUT2D eigenvalue weighted by Gasteiger charge is -2.21. The van der Waals surface area contributed by atoms with Gasteiger partial charge in [0.05, 0.1) is 51.5 Å². The van der Waals surface area contributed by atoms with Gasteiger partial charge >= 0.3 is 0 Å². The highest BCUT2D eigenvalue weighted by Crippen LogP contribution is 2.25. The topological polar surface area (TPSA) is 106 Å². The molecule has 3 heterocycles. The van der Waals surface area contributed by atoms with Crippen molar-refractivity contribution in [2.45, 2.75) is 45.1 Å². The van der Waals surface area contributed by atoms with Gasteiger partial charge in [0, 0.05) is 17.1 Å². The molecule has 0 amide bonds. The molecule has 4 rings (SSSR count). The van der Waals surface area contributed by atoms with Crippen LogP contribution in [0, 0.1) is 0 Å². The molecule has 9 heteroatoms. The molecule has 8 nitrogen and oxygen atoms in total. The number of nitrogens with one attached hydrogen (secondary N) is 1. The van der Waals surface area contributed by atoms with Gasteiger partial charge in [-0.1, -0.05) is 18.2 Å². The summed E-state index contributed by atoms with van der Waals surface area (Å²) in [5, 5.41) is 14.8. The molecular weight excluding hydrogens is 424 g/mol. The minimum atomic E-state index is -1.21. The Balaban J connectivity index is 1.68. The van der Waals surface area contributed by atoms with Crippen LogP contribution in [0.2, 0.25) is 0 Å². The normalized spacial score (nSPS) is 13.9. The fraction of sp³-hybridized carbons (Fsp3) is 0.304. The summed E-state index contributed by atoms with van der Waals surface area (Å²) >= 11 is 0. The molecule has 32 heavy (non-hydrogen) atoms. The first-order chi connectivity index (χ1) is 15.3. The summed E-state index contributed by atoms with van der Waals surface area (Å²) in [7, 11) is -1.21. The van der Waals surface area contributed by atoms with E-state index in [1.54, 1.807) is 23.1 Å². The molecule has 166 valence electrons. The van der Waals surface area contributed by atoms with Crippen molar-refractivity contribution in [1.29, 1.82) is 0 Å². The van der Waals surface area contributed by atoms with Gasteiger partial charge in [-0.05, 0) is 52.0 Å². The maximum atomic E-state index is 12.5. The fourth-order valence-corrected chi connectivity index (χ4v) is 3.96. The van der Waals surface area contributed by atoms with E-state index in [0.29, 0.717) is 17.3 Å². The second-order valence-electron chi connectivity index (χ2n) is 8.50. The van der Waals surface area contributed by atoms with Gasteiger partial charge in [0.1, 0.15) is 0 Å². The second-order valence-corrected chi connectivity index (χ2v) is 10.5. The van der Waals surface area contributed by atoms with Crippen LogP contribution in [-0.2, 0) is 17.6 Å². The minimum absolute atomic E-state index is 0.134. The summed E-state index contributed by atoms with van der Waals surface area (Å²) in [6.07, 6.45) is 3.49. The molecule has 0 aliphatic heterocycles. The molecule has 0 bridgehead atoms. The first-order valence-electron chi connectivity index (χ1n) is 10.3. The van der Waals surface area contributed by atoms with Crippen molar-refractivity contribution in [1.82, 2.24) is 29.5 Å². The second kappa shape index (κ2) is 8.85. The van der Waals surface area contributed by atoms with Crippen molar-refractivity contribution in [2.75, 3.05) is 0 Å². The Hall–Kier alpha value is -3.01. The third-order valence-electron chi connectivity index (χ3n) is 4.96. The van der Waals surface area contributed by atoms with E-state index < -0.39 is 11.0 Å². The fourth-order valence-electron chi connectivity index (χ4n) is 3.16. The Bertz CT molecular complexity index is 1280. The molecule has 4 aromatic rings. The minimum Gasteiger partial charge on any atom is -0.390 e. The molecule has 0 saturated heterocycles. The zero-order valence-corrected chi connectivity index (χ0v) is 19.3. The van der Waals surface area contributed by atoms with E-state index in [1.807, 2.05) is 64.1 Å². The Morgan fingerprint density at radius 2 is 1.97 bits per heavy atom. The number of hydrogen-bond donors (Lipinski definition) is 2. The van der Waals surface area contributed by atoms with Crippen LogP contribution < -0.4 is 4.72 Å². The van der Waals surface area contributed by atoms with E-state index in [-0.39, 0.29) is 17.4 Å². The molecular formula is C23H26N6O2S. The zero-order valence-electron chi connectivity index (χ0n) is 18.5. The molecule has 3 aromatic heterocycles. The molecule has 0 saturated carbocycles. The summed E-state index contributed by atoms with van der Waals surface area (Å²) in [4.78, 5) is 13.6. The van der Waals surface area contributed by atoms with Crippen LogP contribution in [0.15, 0.2) is 54.9 Å². The number of benzene rings is 1. The Kier molecular flexibility index (Phi) is 6.14. The summed E-state index contributed by atoms with van der Waals surface area (Å²) in [5.74, 6) is 1.20. The maximum absolute atomic E-state index is 12.5. The van der Waals surface area contributed by atoms with Gasteiger partial charge in [-0.2, -0.15) is 5.10 Å². The van der Waals surface area contributed by atoms with E-state index in [1.165, 1.54) is 0 Å². The highest BCUT2D eigenvalue weighted by molar-refractivity contribution is 7.84. The van der Waals surface area contributed by atoms with Crippen LogP contribution in [0.3, 0.4) is 0 Å². The predicted molar refractivity (Wildman–Crippen MR) is 125 cm³/mol. The molecule has 0 fully saturated rings. The first kappa shape index (κ1) is 22.2.